The number of anilines is 2. The quantitative estimate of drug-likeness (QED) is 0.161. The molecule has 4 aromatic rings. The molecule has 0 amide bonds. The molecule has 6 heteroatoms. The highest BCUT2D eigenvalue weighted by molar-refractivity contribution is 8.16. The van der Waals surface area contributed by atoms with E-state index in [1.807, 2.05) is 36.5 Å². The maximum Gasteiger partial charge on any atom is 0.134 e. The number of benzene rings is 4. The molecule has 0 aliphatic carbocycles. The first kappa shape index (κ1) is 27.2. The summed E-state index contributed by atoms with van der Waals surface area (Å²) in [4.78, 5) is 4.72. The van der Waals surface area contributed by atoms with Crippen molar-refractivity contribution < 1.29 is 4.74 Å². The predicted octanol–water partition coefficient (Wildman–Crippen LogP) is 8.30. The van der Waals surface area contributed by atoms with Gasteiger partial charge in [-0.3, -0.25) is 0 Å². The molecule has 0 bridgehead atoms. The van der Waals surface area contributed by atoms with Gasteiger partial charge in [-0.2, -0.15) is 5.10 Å². The van der Waals surface area contributed by atoms with Crippen LogP contribution >= 0.6 is 11.8 Å². The second-order valence-electron chi connectivity index (χ2n) is 10.2. The van der Waals surface area contributed by atoms with Crippen LogP contribution in [0.3, 0.4) is 0 Å². The van der Waals surface area contributed by atoms with Crippen molar-refractivity contribution in [3.63, 3.8) is 0 Å². The first-order valence-electron chi connectivity index (χ1n) is 14.5. The molecule has 0 unspecified atom stereocenters. The van der Waals surface area contributed by atoms with Gasteiger partial charge in [-0.15, -0.1) is 5.10 Å². The van der Waals surface area contributed by atoms with Gasteiger partial charge in [-0.05, 0) is 51.0 Å². The van der Waals surface area contributed by atoms with Gasteiger partial charge in [0.15, 0.2) is 0 Å². The Morgan fingerprint density at radius 3 is 1.83 bits per heavy atom. The minimum absolute atomic E-state index is 0.496. The summed E-state index contributed by atoms with van der Waals surface area (Å²) in [5.74, 6) is 1.80. The van der Waals surface area contributed by atoms with Crippen molar-refractivity contribution in [3.05, 3.63) is 119 Å². The zero-order valence-corrected chi connectivity index (χ0v) is 25.0. The third-order valence-corrected chi connectivity index (χ3v) is 9.57. The highest BCUT2D eigenvalue weighted by Gasteiger charge is 2.51. The molecular formula is C35H36N4OS. The molecule has 0 saturated heterocycles. The Balaban J connectivity index is 1.54. The van der Waals surface area contributed by atoms with Crippen LogP contribution in [0.5, 0.6) is 11.5 Å². The van der Waals surface area contributed by atoms with E-state index in [2.05, 4.69) is 103 Å². The second-order valence-corrected chi connectivity index (χ2v) is 11.4. The summed E-state index contributed by atoms with van der Waals surface area (Å²) in [5.41, 5.74) is 7.99. The van der Waals surface area contributed by atoms with Gasteiger partial charge in [-0.1, -0.05) is 78.5 Å². The van der Waals surface area contributed by atoms with Gasteiger partial charge >= 0.3 is 0 Å². The van der Waals surface area contributed by atoms with E-state index < -0.39 is 4.75 Å². The largest absolute Gasteiger partial charge is 0.456 e. The molecule has 0 N–H and O–H groups in total. The molecule has 2 heterocycles. The molecule has 208 valence electrons. The monoisotopic (exact) mass is 560 g/mol. The summed E-state index contributed by atoms with van der Waals surface area (Å²) in [6.07, 6.45) is 1.82. The molecule has 0 radical (unpaired) electrons. The Morgan fingerprint density at radius 1 is 0.683 bits per heavy atom. The number of thioether (sulfide) groups is 1. The van der Waals surface area contributed by atoms with Crippen LogP contribution in [0.1, 0.15) is 55.5 Å². The first-order chi connectivity index (χ1) is 20.1. The lowest BCUT2D eigenvalue weighted by Crippen LogP contribution is -2.29. The van der Waals surface area contributed by atoms with Crippen LogP contribution < -0.4 is 14.5 Å². The van der Waals surface area contributed by atoms with Crippen molar-refractivity contribution in [2.24, 2.45) is 10.2 Å². The molecule has 4 aromatic carbocycles. The van der Waals surface area contributed by atoms with Gasteiger partial charge in [-0.25, -0.2) is 0 Å². The SMILES string of the molecule is CCN(CC)c1ccc2c(c1)Oc1cc(N(CC)CC)ccc1C21S/C(=N\N=C\c2ccccc2)c2ccccc21. The lowest BCUT2D eigenvalue weighted by molar-refractivity contribution is 0.448. The van der Waals surface area contributed by atoms with Crippen LogP contribution in [0.2, 0.25) is 0 Å². The summed E-state index contributed by atoms with van der Waals surface area (Å²) in [6.45, 7) is 12.5. The summed E-state index contributed by atoms with van der Waals surface area (Å²) < 4.78 is 6.28. The molecule has 0 saturated carbocycles. The molecule has 2 aliphatic heterocycles. The zero-order chi connectivity index (χ0) is 28.4. The number of nitrogens with zero attached hydrogens (tertiary/aromatic N) is 4. The lowest BCUT2D eigenvalue weighted by atomic mass is 9.80. The molecule has 0 fully saturated rings. The van der Waals surface area contributed by atoms with E-state index in [1.165, 1.54) is 16.9 Å². The number of rotatable bonds is 8. The number of hydrogen-bond donors (Lipinski definition) is 0. The Hall–Kier alpha value is -4.03. The highest BCUT2D eigenvalue weighted by atomic mass is 32.2. The van der Waals surface area contributed by atoms with E-state index in [4.69, 9.17) is 9.84 Å². The predicted molar refractivity (Wildman–Crippen MR) is 175 cm³/mol. The minimum Gasteiger partial charge on any atom is -0.456 e. The van der Waals surface area contributed by atoms with Crippen molar-refractivity contribution in [2.45, 2.75) is 32.4 Å². The molecule has 5 nitrogen and oxygen atoms in total. The van der Waals surface area contributed by atoms with Crippen LogP contribution in [0.4, 0.5) is 11.4 Å². The zero-order valence-electron chi connectivity index (χ0n) is 24.2. The molecule has 6 rings (SSSR count). The van der Waals surface area contributed by atoms with Crippen molar-refractivity contribution in [1.82, 2.24) is 0 Å². The van der Waals surface area contributed by atoms with E-state index in [1.54, 1.807) is 11.8 Å². The number of hydrogen-bond acceptors (Lipinski definition) is 6. The fourth-order valence-electron chi connectivity index (χ4n) is 6.00. The smallest absolute Gasteiger partial charge is 0.134 e. The Kier molecular flexibility index (Phi) is 7.59. The van der Waals surface area contributed by atoms with Crippen LogP contribution in [-0.2, 0) is 4.75 Å². The standard InChI is InChI=1S/C35H36N4OS/c1-5-38(6-2)26-18-20-30-32(22-26)40-33-23-27(39(7-3)8-4)19-21-31(33)35(30)29-17-13-12-16-28(29)34(41-35)37-36-24-25-14-10-9-11-15-25/h9-24H,5-8H2,1-4H3/b36-24+,37-34-. The maximum absolute atomic E-state index is 6.78. The third kappa shape index (κ3) is 4.70. The fraction of sp³-hybridized carbons (Fsp3) is 0.257. The average molecular weight is 561 g/mol. The summed E-state index contributed by atoms with van der Waals surface area (Å²) >= 11 is 1.76. The van der Waals surface area contributed by atoms with Crippen molar-refractivity contribution >= 4 is 34.4 Å². The maximum atomic E-state index is 6.78. The second kappa shape index (κ2) is 11.5. The molecular weight excluding hydrogens is 524 g/mol. The Labute approximate surface area is 247 Å². The summed E-state index contributed by atoms with van der Waals surface area (Å²) in [5, 5.41) is 10.2. The van der Waals surface area contributed by atoms with E-state index in [-0.39, 0.29) is 0 Å². The molecule has 2 aliphatic rings. The van der Waals surface area contributed by atoms with Crippen LogP contribution in [0.25, 0.3) is 0 Å². The van der Waals surface area contributed by atoms with Gasteiger partial charge < -0.3 is 14.5 Å². The first-order valence-corrected chi connectivity index (χ1v) is 15.4. The van der Waals surface area contributed by atoms with Gasteiger partial charge in [0.25, 0.3) is 0 Å². The molecule has 0 atom stereocenters. The normalized spacial score (nSPS) is 15.5. The fourth-order valence-corrected chi connectivity index (χ4v) is 7.51. The van der Waals surface area contributed by atoms with Crippen LogP contribution in [0.15, 0.2) is 101 Å². The van der Waals surface area contributed by atoms with Gasteiger partial charge in [0, 0.05) is 66.4 Å². The minimum atomic E-state index is -0.496. The van der Waals surface area contributed by atoms with Gasteiger partial charge in [0.05, 0.1) is 6.21 Å². The molecule has 41 heavy (non-hydrogen) atoms. The Bertz CT molecular complexity index is 1540. The average Bonchev–Trinajstić information content (AvgIpc) is 3.33. The van der Waals surface area contributed by atoms with E-state index in [9.17, 15) is 0 Å². The lowest BCUT2D eigenvalue weighted by Gasteiger charge is -2.38. The summed E-state index contributed by atoms with van der Waals surface area (Å²) in [7, 11) is 0. The Morgan fingerprint density at radius 2 is 1.24 bits per heavy atom. The van der Waals surface area contributed by atoms with E-state index in [0.29, 0.717) is 0 Å². The number of ether oxygens (including phenoxy) is 1. The molecule has 0 aromatic heterocycles. The third-order valence-electron chi connectivity index (χ3n) is 8.11. The van der Waals surface area contributed by atoms with Crippen LogP contribution in [-0.4, -0.2) is 37.4 Å². The molecule has 1 spiro atoms. The van der Waals surface area contributed by atoms with E-state index in [0.717, 1.165) is 65.0 Å². The van der Waals surface area contributed by atoms with Crippen LogP contribution in [0, 0.1) is 0 Å². The summed E-state index contributed by atoms with van der Waals surface area (Å²) in [6, 6.07) is 32.1. The van der Waals surface area contributed by atoms with Crippen molar-refractivity contribution in [1.29, 1.82) is 0 Å². The van der Waals surface area contributed by atoms with E-state index >= 15 is 0 Å². The van der Waals surface area contributed by atoms with Gasteiger partial charge in [0.1, 0.15) is 21.3 Å². The van der Waals surface area contributed by atoms with Crippen molar-refractivity contribution in [2.75, 3.05) is 36.0 Å². The topological polar surface area (TPSA) is 40.4 Å². The highest BCUT2D eigenvalue weighted by Crippen LogP contribution is 2.63. The van der Waals surface area contributed by atoms with Gasteiger partial charge in [0.2, 0.25) is 0 Å². The number of fused-ring (bicyclic) bond motifs is 6. The van der Waals surface area contributed by atoms with Crippen molar-refractivity contribution in [3.8, 4) is 11.5 Å².